The smallest absolute Gasteiger partial charge is 0.265 e. The zero-order valence-corrected chi connectivity index (χ0v) is 12.2. The van der Waals surface area contributed by atoms with Crippen LogP contribution in [0, 0.1) is 0 Å². The van der Waals surface area contributed by atoms with Crippen molar-refractivity contribution in [1.29, 1.82) is 0 Å². The summed E-state index contributed by atoms with van der Waals surface area (Å²) in [5.41, 5.74) is 1.05. The number of thioether (sulfide) groups is 1. The lowest BCUT2D eigenvalue weighted by Gasteiger charge is -2.23. The highest BCUT2D eigenvalue weighted by Gasteiger charge is 2.25. The summed E-state index contributed by atoms with van der Waals surface area (Å²) in [7, 11) is 0. The van der Waals surface area contributed by atoms with E-state index < -0.39 is 6.10 Å². The summed E-state index contributed by atoms with van der Waals surface area (Å²) in [4.78, 5) is 23.8. The number of hydrogen-bond donors (Lipinski definition) is 2. The van der Waals surface area contributed by atoms with Gasteiger partial charge in [0.25, 0.3) is 5.91 Å². The number of rotatable bonds is 5. The highest BCUT2D eigenvalue weighted by atomic mass is 32.2. The third-order valence-electron chi connectivity index (χ3n) is 3.02. The van der Waals surface area contributed by atoms with E-state index in [1.165, 1.54) is 11.8 Å². The lowest BCUT2D eigenvalue weighted by Crippen LogP contribution is -2.34. The van der Waals surface area contributed by atoms with Crippen LogP contribution >= 0.6 is 11.8 Å². The van der Waals surface area contributed by atoms with E-state index in [1.54, 1.807) is 32.0 Å². The van der Waals surface area contributed by atoms with Crippen LogP contribution < -0.4 is 10.1 Å². The van der Waals surface area contributed by atoms with Crippen LogP contribution in [-0.4, -0.2) is 40.5 Å². The number of Topliss-reactive ketones (excluding diaryl/α,β-unsaturated/α-hetero) is 1. The summed E-state index contributed by atoms with van der Waals surface area (Å²) in [5, 5.41) is 11.3. The normalized spacial score (nSPS) is 18.8. The number of ketones is 1. The fraction of sp³-hybridized carbons (Fsp3) is 0.429. The molecule has 0 saturated heterocycles. The lowest BCUT2D eigenvalue weighted by molar-refractivity contribution is -0.122. The van der Waals surface area contributed by atoms with Gasteiger partial charge in [0.2, 0.25) is 0 Å². The van der Waals surface area contributed by atoms with Crippen LogP contribution in [0.4, 0.5) is 5.69 Å². The van der Waals surface area contributed by atoms with E-state index in [4.69, 9.17) is 9.84 Å². The zero-order valence-electron chi connectivity index (χ0n) is 11.4. The molecule has 0 spiro atoms. The van der Waals surface area contributed by atoms with Crippen LogP contribution in [0.5, 0.6) is 5.75 Å². The summed E-state index contributed by atoms with van der Waals surface area (Å²) in [6.07, 6.45) is -0.525. The second-order valence-corrected chi connectivity index (χ2v) is 6.01. The van der Waals surface area contributed by atoms with Crippen molar-refractivity contribution < 1.29 is 19.4 Å². The summed E-state index contributed by atoms with van der Waals surface area (Å²) < 4.78 is 5.44. The molecule has 0 aliphatic carbocycles. The van der Waals surface area contributed by atoms with Gasteiger partial charge in [0.15, 0.2) is 11.9 Å². The second-order valence-electron chi connectivity index (χ2n) is 4.56. The monoisotopic (exact) mass is 295 g/mol. The Balaban J connectivity index is 2.17. The van der Waals surface area contributed by atoms with Crippen LogP contribution in [0.3, 0.4) is 0 Å². The Labute approximate surface area is 121 Å². The Morgan fingerprint density at radius 1 is 1.55 bits per heavy atom. The number of amides is 1. The molecule has 2 unspecified atom stereocenters. The third kappa shape index (κ3) is 3.13. The van der Waals surface area contributed by atoms with Crippen molar-refractivity contribution in [3.8, 4) is 5.75 Å². The number of hydrogen-bond acceptors (Lipinski definition) is 5. The minimum Gasteiger partial charge on any atom is -0.479 e. The summed E-state index contributed by atoms with van der Waals surface area (Å²) in [5.74, 6) is 0.850. The van der Waals surface area contributed by atoms with E-state index >= 15 is 0 Å². The first-order valence-electron chi connectivity index (χ1n) is 6.41. The molecule has 6 heteroatoms. The Hall–Kier alpha value is -1.53. The number of benzene rings is 1. The quantitative estimate of drug-likeness (QED) is 0.809. The number of carbonyl (C=O) groups is 2. The van der Waals surface area contributed by atoms with Crippen molar-refractivity contribution in [3.63, 3.8) is 0 Å². The molecule has 1 heterocycles. The number of anilines is 1. The molecule has 0 aromatic heterocycles. The van der Waals surface area contributed by atoms with E-state index in [2.05, 4.69) is 5.32 Å². The minimum atomic E-state index is -0.525. The highest BCUT2D eigenvalue weighted by Crippen LogP contribution is 2.31. The van der Waals surface area contributed by atoms with Crippen molar-refractivity contribution in [2.75, 3.05) is 17.7 Å². The van der Waals surface area contributed by atoms with Gasteiger partial charge < -0.3 is 15.2 Å². The summed E-state index contributed by atoms with van der Waals surface area (Å²) >= 11 is 1.40. The molecule has 0 radical (unpaired) electrons. The first kappa shape index (κ1) is 14.9. The number of nitrogens with one attached hydrogen (secondary N) is 1. The molecule has 5 nitrogen and oxygen atoms in total. The molecular weight excluding hydrogens is 278 g/mol. The fourth-order valence-corrected chi connectivity index (χ4v) is 2.65. The molecule has 1 aliphatic heterocycles. The number of ether oxygens (including phenoxy) is 1. The van der Waals surface area contributed by atoms with Crippen LogP contribution in [0.1, 0.15) is 24.2 Å². The molecule has 0 saturated carbocycles. The predicted octanol–water partition coefficient (Wildman–Crippen LogP) is 1.70. The van der Waals surface area contributed by atoms with Crippen molar-refractivity contribution in [2.24, 2.45) is 0 Å². The Kier molecular flexibility index (Phi) is 4.67. The van der Waals surface area contributed by atoms with Crippen molar-refractivity contribution in [2.45, 2.75) is 25.2 Å². The Morgan fingerprint density at radius 3 is 3.00 bits per heavy atom. The largest absolute Gasteiger partial charge is 0.479 e. The lowest BCUT2D eigenvalue weighted by atomic mass is 10.1. The minimum absolute atomic E-state index is 0.0286. The average Bonchev–Trinajstić information content (AvgIpc) is 2.44. The molecule has 2 atom stereocenters. The molecule has 108 valence electrons. The van der Waals surface area contributed by atoms with Gasteiger partial charge in [-0.25, -0.2) is 0 Å². The average molecular weight is 295 g/mol. The molecule has 0 fully saturated rings. The number of fused-ring (bicyclic) bond motifs is 1. The van der Waals surface area contributed by atoms with E-state index in [-0.39, 0.29) is 23.5 Å². The van der Waals surface area contributed by atoms with Crippen molar-refractivity contribution in [1.82, 2.24) is 0 Å². The molecule has 2 N–H and O–H groups in total. The van der Waals surface area contributed by atoms with Crippen molar-refractivity contribution >= 4 is 29.1 Å². The maximum Gasteiger partial charge on any atom is 0.265 e. The molecule has 2 rings (SSSR count). The van der Waals surface area contributed by atoms with Crippen molar-refractivity contribution in [3.05, 3.63) is 23.8 Å². The molecule has 1 amide bonds. The van der Waals surface area contributed by atoms with E-state index in [9.17, 15) is 9.59 Å². The van der Waals surface area contributed by atoms with E-state index in [1.807, 2.05) is 0 Å². The van der Waals surface area contributed by atoms with Crippen LogP contribution in [0.15, 0.2) is 18.2 Å². The standard InChI is InChI=1S/C14H17NO4S/c1-8-14(18)15-11-7-10(3-4-12(11)19-8)13(17)9(2)20-6-5-16/h3-4,7-9,16H,5-6H2,1-2H3,(H,15,18). The van der Waals surface area contributed by atoms with E-state index in [0.717, 1.165) is 0 Å². The Bertz CT molecular complexity index is 532. The first-order chi connectivity index (χ1) is 9.52. The van der Waals surface area contributed by atoms with Gasteiger partial charge in [-0.3, -0.25) is 9.59 Å². The van der Waals surface area contributed by atoms with Crippen LogP contribution in [-0.2, 0) is 4.79 Å². The summed E-state index contributed by atoms with van der Waals surface area (Å²) in [6.45, 7) is 3.53. The number of aliphatic hydroxyl groups excluding tert-OH is 1. The van der Waals surface area contributed by atoms with Gasteiger partial charge in [0.1, 0.15) is 5.75 Å². The van der Waals surface area contributed by atoms with Gasteiger partial charge in [0, 0.05) is 11.3 Å². The van der Waals surface area contributed by atoms with Gasteiger partial charge in [-0.15, -0.1) is 11.8 Å². The van der Waals surface area contributed by atoms with Gasteiger partial charge in [-0.1, -0.05) is 0 Å². The SMILES string of the molecule is CC1Oc2ccc(C(=O)C(C)SCCO)cc2NC1=O. The zero-order chi connectivity index (χ0) is 14.7. The molecule has 1 aliphatic rings. The summed E-state index contributed by atoms with van der Waals surface area (Å²) in [6, 6.07) is 5.03. The molecule has 1 aromatic carbocycles. The van der Waals surface area contributed by atoms with Gasteiger partial charge >= 0.3 is 0 Å². The van der Waals surface area contributed by atoms with Gasteiger partial charge in [-0.05, 0) is 32.0 Å². The van der Waals surface area contributed by atoms with Gasteiger partial charge in [0.05, 0.1) is 17.5 Å². The maximum atomic E-state index is 12.2. The fourth-order valence-electron chi connectivity index (χ4n) is 1.90. The third-order valence-corrected chi connectivity index (χ3v) is 4.16. The predicted molar refractivity (Wildman–Crippen MR) is 78.5 cm³/mol. The number of carbonyl (C=O) groups excluding carboxylic acids is 2. The molecule has 20 heavy (non-hydrogen) atoms. The number of aliphatic hydroxyl groups is 1. The van der Waals surface area contributed by atoms with E-state index in [0.29, 0.717) is 22.8 Å². The molecule has 1 aromatic rings. The van der Waals surface area contributed by atoms with Gasteiger partial charge in [-0.2, -0.15) is 0 Å². The second kappa shape index (κ2) is 6.28. The molecular formula is C14H17NO4S. The van der Waals surface area contributed by atoms with Crippen LogP contribution in [0.2, 0.25) is 0 Å². The first-order valence-corrected chi connectivity index (χ1v) is 7.46. The Morgan fingerprint density at radius 2 is 2.30 bits per heavy atom. The maximum absolute atomic E-state index is 12.2. The highest BCUT2D eigenvalue weighted by molar-refractivity contribution is 8.00. The topological polar surface area (TPSA) is 75.6 Å². The molecule has 0 bridgehead atoms. The van der Waals surface area contributed by atoms with Crippen LogP contribution in [0.25, 0.3) is 0 Å².